The maximum absolute atomic E-state index is 12.7. The van der Waals surface area contributed by atoms with Gasteiger partial charge in [0.15, 0.2) is 28.7 Å². The van der Waals surface area contributed by atoms with Crippen molar-refractivity contribution >= 4 is 46.3 Å². The second-order valence-corrected chi connectivity index (χ2v) is 14.1. The molecule has 1 aliphatic rings. The lowest BCUT2D eigenvalue weighted by Gasteiger charge is -2.27. The Bertz CT molecular complexity index is 1950. The topological polar surface area (TPSA) is 191 Å². The molecule has 1 saturated heterocycles. The smallest absolute Gasteiger partial charge is 0.287 e. The molecule has 51 heavy (non-hydrogen) atoms. The molecule has 2 unspecified atom stereocenters. The van der Waals surface area contributed by atoms with Gasteiger partial charge in [-0.3, -0.25) is 19.2 Å². The molecule has 0 bridgehead atoms. The van der Waals surface area contributed by atoms with Crippen molar-refractivity contribution in [3.05, 3.63) is 81.2 Å². The Morgan fingerprint density at radius 1 is 0.784 bits per heavy atom. The van der Waals surface area contributed by atoms with Crippen LogP contribution in [0.3, 0.4) is 0 Å². The molecule has 1 aliphatic heterocycles. The van der Waals surface area contributed by atoms with Gasteiger partial charge >= 0.3 is 0 Å². The van der Waals surface area contributed by atoms with E-state index in [0.29, 0.717) is 75.1 Å². The van der Waals surface area contributed by atoms with Crippen molar-refractivity contribution in [3.8, 4) is 21.3 Å². The van der Waals surface area contributed by atoms with Crippen molar-refractivity contribution < 1.29 is 37.4 Å². The molecule has 0 aromatic carbocycles. The van der Waals surface area contributed by atoms with Crippen LogP contribution in [0.2, 0.25) is 0 Å². The van der Waals surface area contributed by atoms with Crippen molar-refractivity contribution in [2.24, 2.45) is 0 Å². The highest BCUT2D eigenvalue weighted by atomic mass is 32.1. The minimum atomic E-state index is -0.530. The van der Waals surface area contributed by atoms with E-state index in [0.717, 1.165) is 26.6 Å². The van der Waals surface area contributed by atoms with Crippen molar-refractivity contribution in [2.45, 2.75) is 51.6 Å². The summed E-state index contributed by atoms with van der Waals surface area (Å²) in [6.07, 6.45) is 1.92. The maximum Gasteiger partial charge on any atom is 0.287 e. The average Bonchev–Trinajstić information content (AvgIpc) is 3.98. The Kier molecular flexibility index (Phi) is 11.8. The number of rotatable bonds is 15. The summed E-state index contributed by atoms with van der Waals surface area (Å²) in [6.45, 7) is 5.51. The van der Waals surface area contributed by atoms with Crippen LogP contribution in [0.15, 0.2) is 61.3 Å². The van der Waals surface area contributed by atoms with Crippen LogP contribution in [0.25, 0.3) is 21.3 Å². The zero-order valence-electron chi connectivity index (χ0n) is 28.1. The van der Waals surface area contributed by atoms with Crippen molar-refractivity contribution in [3.63, 3.8) is 0 Å². The van der Waals surface area contributed by atoms with Crippen molar-refractivity contribution in [2.75, 3.05) is 32.8 Å². The van der Waals surface area contributed by atoms with E-state index in [-0.39, 0.29) is 40.9 Å². The lowest BCUT2D eigenvalue weighted by atomic mass is 9.96. The highest BCUT2D eigenvalue weighted by Crippen LogP contribution is 2.37. The molecule has 0 radical (unpaired) electrons. The average molecular weight is 735 g/mol. The van der Waals surface area contributed by atoms with E-state index in [9.17, 15) is 19.2 Å². The zero-order valence-corrected chi connectivity index (χ0v) is 29.7. The molecule has 4 N–H and O–H groups in total. The summed E-state index contributed by atoms with van der Waals surface area (Å²) in [4.78, 5) is 52.7. The SMILES string of the molecule is Cc1cc(C)c(C(=O)NCCCNC(=O)c2cc(-c3ccc(C4CCC(C(=O)NCCCNC(=O)c5cc(-c6cccs6)on5)OC4)s3)on2)o1. The predicted molar refractivity (Wildman–Crippen MR) is 189 cm³/mol. The molecular formula is C35H38N6O8S2. The van der Waals surface area contributed by atoms with Gasteiger partial charge in [-0.2, -0.15) is 0 Å². The number of nitrogens with zero attached hydrogens (tertiary/aromatic N) is 2. The molecule has 16 heteroatoms. The molecule has 6 heterocycles. The fourth-order valence-corrected chi connectivity index (χ4v) is 7.29. The maximum atomic E-state index is 12.7. The number of aryl methyl sites for hydroxylation is 2. The van der Waals surface area contributed by atoms with Gasteiger partial charge in [0.2, 0.25) is 5.91 Å². The van der Waals surface area contributed by atoms with E-state index in [2.05, 4.69) is 31.6 Å². The van der Waals surface area contributed by atoms with E-state index < -0.39 is 6.10 Å². The summed E-state index contributed by atoms with van der Waals surface area (Å²) in [7, 11) is 0. The third-order valence-electron chi connectivity index (χ3n) is 8.20. The van der Waals surface area contributed by atoms with Crippen LogP contribution in [-0.2, 0) is 9.53 Å². The molecular weight excluding hydrogens is 697 g/mol. The molecule has 5 aromatic heterocycles. The molecule has 0 aliphatic carbocycles. The summed E-state index contributed by atoms with van der Waals surface area (Å²) >= 11 is 3.04. The van der Waals surface area contributed by atoms with Crippen molar-refractivity contribution in [1.29, 1.82) is 0 Å². The summed E-state index contributed by atoms with van der Waals surface area (Å²) in [5.41, 5.74) is 1.16. The zero-order chi connectivity index (χ0) is 35.7. The predicted octanol–water partition coefficient (Wildman–Crippen LogP) is 5.08. The van der Waals surface area contributed by atoms with Gasteiger partial charge in [-0.05, 0) is 69.2 Å². The van der Waals surface area contributed by atoms with E-state index in [1.807, 2.05) is 36.6 Å². The third-order valence-corrected chi connectivity index (χ3v) is 10.3. The van der Waals surface area contributed by atoms with Gasteiger partial charge < -0.3 is 39.5 Å². The van der Waals surface area contributed by atoms with Crippen LogP contribution >= 0.6 is 22.7 Å². The quantitative estimate of drug-likeness (QED) is 0.106. The second kappa shape index (κ2) is 16.8. The standard InChI is InChI=1S/C35H38N6O8S2/c1-20-16-21(2)47-31(20)35(45)39-14-5-12-37-33(43)24-18-27(49-41-24)30-10-9-28(51-30)22-7-8-25(46-19-22)34(44)38-13-4-11-36-32(42)23-17-26(48-40-23)29-6-3-15-50-29/h3,6,9-10,15-18,22,25H,4-5,7-8,11-14,19H2,1-2H3,(H,36,42)(H,37,43)(H,38,44)(H,39,45). The highest BCUT2D eigenvalue weighted by Gasteiger charge is 2.29. The number of aromatic nitrogens is 2. The summed E-state index contributed by atoms with van der Waals surface area (Å²) in [6, 6.07) is 12.7. The number of carbonyl (C=O) groups is 4. The van der Waals surface area contributed by atoms with Gasteiger partial charge in [0, 0.05) is 54.7 Å². The summed E-state index contributed by atoms with van der Waals surface area (Å²) in [5, 5.41) is 21.0. The molecule has 1 fully saturated rings. The molecule has 5 aromatic rings. The molecule has 268 valence electrons. The first-order chi connectivity index (χ1) is 24.7. The van der Waals surface area contributed by atoms with Gasteiger partial charge in [0.25, 0.3) is 17.7 Å². The lowest BCUT2D eigenvalue weighted by Crippen LogP contribution is -2.40. The van der Waals surface area contributed by atoms with Crippen LogP contribution in [0.1, 0.15) is 79.3 Å². The van der Waals surface area contributed by atoms with E-state index in [1.54, 1.807) is 25.1 Å². The fourth-order valence-electron chi connectivity index (χ4n) is 5.54. The molecule has 6 rings (SSSR count). The van der Waals surface area contributed by atoms with Crippen LogP contribution in [0, 0.1) is 13.8 Å². The van der Waals surface area contributed by atoms with Gasteiger partial charge in [-0.1, -0.05) is 16.4 Å². The normalized spacial score (nSPS) is 15.7. The van der Waals surface area contributed by atoms with E-state index in [4.69, 9.17) is 18.2 Å². The van der Waals surface area contributed by atoms with Crippen LogP contribution < -0.4 is 21.3 Å². The minimum absolute atomic E-state index is 0.131. The summed E-state index contributed by atoms with van der Waals surface area (Å²) < 4.78 is 22.1. The number of thiophene rings is 2. The Morgan fingerprint density at radius 3 is 2.02 bits per heavy atom. The van der Waals surface area contributed by atoms with Gasteiger partial charge in [-0.15, -0.1) is 22.7 Å². The van der Waals surface area contributed by atoms with Gasteiger partial charge in [0.1, 0.15) is 11.9 Å². The molecule has 2 atom stereocenters. The second-order valence-electron chi connectivity index (χ2n) is 12.1. The molecule has 0 spiro atoms. The first-order valence-electron chi connectivity index (χ1n) is 16.6. The number of furan rings is 1. The Balaban J connectivity index is 0.859. The molecule has 0 saturated carbocycles. The first kappa shape index (κ1) is 35.8. The van der Waals surface area contributed by atoms with Gasteiger partial charge in [-0.25, -0.2) is 0 Å². The monoisotopic (exact) mass is 734 g/mol. The first-order valence-corrected chi connectivity index (χ1v) is 18.3. The Hall–Kier alpha value is -5.06. The number of amides is 4. The van der Waals surface area contributed by atoms with Gasteiger partial charge in [0.05, 0.1) is 16.4 Å². The number of ether oxygens (including phenoxy) is 1. The Morgan fingerprint density at radius 2 is 1.43 bits per heavy atom. The largest absolute Gasteiger partial charge is 0.456 e. The van der Waals surface area contributed by atoms with Crippen molar-refractivity contribution in [1.82, 2.24) is 31.6 Å². The number of hydrogen-bond acceptors (Lipinski definition) is 12. The minimum Gasteiger partial charge on any atom is -0.456 e. The Labute approximate surface area is 301 Å². The number of hydrogen-bond donors (Lipinski definition) is 4. The fraction of sp³-hybridized carbons (Fsp3) is 0.371. The van der Waals surface area contributed by atoms with Crippen LogP contribution in [0.5, 0.6) is 0 Å². The van der Waals surface area contributed by atoms with E-state index >= 15 is 0 Å². The molecule has 14 nitrogen and oxygen atoms in total. The van der Waals surface area contributed by atoms with Crippen LogP contribution in [-0.4, -0.2) is 72.8 Å². The van der Waals surface area contributed by atoms with Crippen LogP contribution in [0.4, 0.5) is 0 Å². The van der Waals surface area contributed by atoms with E-state index in [1.165, 1.54) is 22.7 Å². The number of carbonyl (C=O) groups excluding carboxylic acids is 4. The number of nitrogens with one attached hydrogen (secondary N) is 4. The highest BCUT2D eigenvalue weighted by molar-refractivity contribution is 7.15. The third kappa shape index (κ3) is 9.19. The summed E-state index contributed by atoms with van der Waals surface area (Å²) in [5.74, 6) is 0.999. The lowest BCUT2D eigenvalue weighted by molar-refractivity contribution is -0.136. The molecule has 4 amide bonds.